The zero-order valence-corrected chi connectivity index (χ0v) is 12.6. The Morgan fingerprint density at radius 2 is 1.67 bits per heavy atom. The Hall–Kier alpha value is -3.28. The number of para-hydroxylation sites is 1. The van der Waals surface area contributed by atoms with Gasteiger partial charge in [-0.25, -0.2) is 14.4 Å². The molecule has 1 N–H and O–H groups in total. The van der Waals surface area contributed by atoms with Gasteiger partial charge < -0.3 is 10.1 Å². The summed E-state index contributed by atoms with van der Waals surface area (Å²) in [6.07, 6.45) is 3.02. The summed E-state index contributed by atoms with van der Waals surface area (Å²) in [6.45, 7) is -0.304. The van der Waals surface area contributed by atoms with Gasteiger partial charge in [-0.3, -0.25) is 4.79 Å². The first-order valence-electron chi connectivity index (χ1n) is 7.27. The van der Waals surface area contributed by atoms with E-state index in [1.165, 1.54) is 24.5 Å². The summed E-state index contributed by atoms with van der Waals surface area (Å²) in [5, 5.41) is 2.60. The maximum atomic E-state index is 13.4. The second-order valence-electron chi connectivity index (χ2n) is 4.93. The van der Waals surface area contributed by atoms with E-state index in [1.54, 1.807) is 12.1 Å². The van der Waals surface area contributed by atoms with E-state index in [9.17, 15) is 9.18 Å². The molecule has 3 rings (SSSR count). The lowest BCUT2D eigenvalue weighted by Crippen LogP contribution is -2.20. The highest BCUT2D eigenvalue weighted by Gasteiger charge is 2.08. The molecule has 0 aliphatic rings. The van der Waals surface area contributed by atoms with E-state index in [0.717, 1.165) is 5.56 Å². The maximum Gasteiger partial charge on any atom is 0.262 e. The molecule has 2 aromatic carbocycles. The first-order valence-corrected chi connectivity index (χ1v) is 7.27. The third-order valence-electron chi connectivity index (χ3n) is 3.16. The van der Waals surface area contributed by atoms with Gasteiger partial charge in [0.15, 0.2) is 24.0 Å². The van der Waals surface area contributed by atoms with Gasteiger partial charge in [-0.2, -0.15) is 0 Å². The lowest BCUT2D eigenvalue weighted by Gasteiger charge is -2.08. The average molecular weight is 323 g/mol. The summed E-state index contributed by atoms with van der Waals surface area (Å²) >= 11 is 0. The van der Waals surface area contributed by atoms with Gasteiger partial charge >= 0.3 is 0 Å². The molecule has 6 heteroatoms. The number of ether oxygens (including phenoxy) is 1. The molecule has 0 fully saturated rings. The predicted molar refractivity (Wildman–Crippen MR) is 88.0 cm³/mol. The van der Waals surface area contributed by atoms with Gasteiger partial charge in [0, 0.05) is 5.56 Å². The molecule has 0 radical (unpaired) electrons. The van der Waals surface area contributed by atoms with Crippen LogP contribution in [0.15, 0.2) is 67.0 Å². The molecule has 0 bridgehead atoms. The van der Waals surface area contributed by atoms with E-state index in [0.29, 0.717) is 11.5 Å². The molecule has 3 aromatic rings. The fourth-order valence-electron chi connectivity index (χ4n) is 2.03. The number of nitrogens with one attached hydrogen (secondary N) is 1. The average Bonchev–Trinajstić information content (AvgIpc) is 2.62. The zero-order chi connectivity index (χ0) is 16.8. The van der Waals surface area contributed by atoms with Gasteiger partial charge in [-0.15, -0.1) is 0 Å². The van der Waals surface area contributed by atoms with E-state index >= 15 is 0 Å². The van der Waals surface area contributed by atoms with Crippen molar-refractivity contribution < 1.29 is 13.9 Å². The van der Waals surface area contributed by atoms with Crippen LogP contribution in [0.25, 0.3) is 11.4 Å². The minimum Gasteiger partial charge on any atom is -0.481 e. The summed E-state index contributed by atoms with van der Waals surface area (Å²) in [7, 11) is 0. The van der Waals surface area contributed by atoms with Crippen molar-refractivity contribution in [3.8, 4) is 17.1 Å². The van der Waals surface area contributed by atoms with Crippen LogP contribution in [0.5, 0.6) is 5.75 Å². The van der Waals surface area contributed by atoms with Gasteiger partial charge in [0.25, 0.3) is 5.91 Å². The normalized spacial score (nSPS) is 10.2. The molecule has 0 unspecified atom stereocenters. The summed E-state index contributed by atoms with van der Waals surface area (Å²) in [5.41, 5.74) is 1.33. The van der Waals surface area contributed by atoms with Crippen molar-refractivity contribution in [2.24, 2.45) is 0 Å². The van der Waals surface area contributed by atoms with E-state index < -0.39 is 11.7 Å². The van der Waals surface area contributed by atoms with Crippen LogP contribution in [0.1, 0.15) is 0 Å². The molecule has 0 saturated carbocycles. The molecular weight excluding hydrogens is 309 g/mol. The van der Waals surface area contributed by atoms with E-state index in [1.807, 2.05) is 30.3 Å². The Morgan fingerprint density at radius 3 is 2.38 bits per heavy atom. The molecular formula is C18H14FN3O2. The van der Waals surface area contributed by atoms with Crippen molar-refractivity contribution in [1.82, 2.24) is 9.97 Å². The topological polar surface area (TPSA) is 64.1 Å². The number of benzene rings is 2. The Morgan fingerprint density at radius 1 is 1.00 bits per heavy atom. The van der Waals surface area contributed by atoms with Crippen molar-refractivity contribution in [3.63, 3.8) is 0 Å². The number of rotatable bonds is 5. The minimum absolute atomic E-state index is 0.0309. The maximum absolute atomic E-state index is 13.4. The second kappa shape index (κ2) is 7.32. The molecule has 1 amide bonds. The zero-order valence-electron chi connectivity index (χ0n) is 12.6. The molecule has 1 aromatic heterocycles. The Labute approximate surface area is 138 Å². The highest BCUT2D eigenvalue weighted by molar-refractivity contribution is 5.91. The van der Waals surface area contributed by atoms with Gasteiger partial charge in [0.1, 0.15) is 0 Å². The quantitative estimate of drug-likeness (QED) is 0.782. The minimum atomic E-state index is -0.513. The third kappa shape index (κ3) is 3.92. The number of halogens is 1. The molecule has 1 heterocycles. The number of anilines is 1. The van der Waals surface area contributed by atoms with Crippen LogP contribution >= 0.6 is 0 Å². The summed E-state index contributed by atoms with van der Waals surface area (Å²) in [4.78, 5) is 20.3. The third-order valence-corrected chi connectivity index (χ3v) is 3.16. The van der Waals surface area contributed by atoms with Crippen LogP contribution in [-0.4, -0.2) is 22.5 Å². The predicted octanol–water partition coefficient (Wildman–Crippen LogP) is 3.30. The molecule has 24 heavy (non-hydrogen) atoms. The van der Waals surface area contributed by atoms with Crippen LogP contribution in [0.2, 0.25) is 0 Å². The lowest BCUT2D eigenvalue weighted by molar-refractivity contribution is -0.118. The van der Waals surface area contributed by atoms with E-state index in [4.69, 9.17) is 4.74 Å². The Bertz CT molecular complexity index is 823. The number of carbonyl (C=O) groups is 1. The fourth-order valence-corrected chi connectivity index (χ4v) is 2.03. The smallest absolute Gasteiger partial charge is 0.262 e. The van der Waals surface area contributed by atoms with Crippen LogP contribution in [0, 0.1) is 5.82 Å². The van der Waals surface area contributed by atoms with Crippen LogP contribution in [0.3, 0.4) is 0 Å². The number of nitrogens with zero attached hydrogens (tertiary/aromatic N) is 2. The standard InChI is InChI=1S/C18H14FN3O2/c19-15-8-4-5-9-16(15)24-12-17(23)22-14-10-20-18(21-11-14)13-6-2-1-3-7-13/h1-11H,12H2,(H,22,23). The highest BCUT2D eigenvalue weighted by Crippen LogP contribution is 2.16. The number of hydrogen-bond acceptors (Lipinski definition) is 4. The number of carbonyl (C=O) groups excluding carboxylic acids is 1. The number of hydrogen-bond donors (Lipinski definition) is 1. The highest BCUT2D eigenvalue weighted by atomic mass is 19.1. The van der Waals surface area contributed by atoms with Crippen molar-refractivity contribution in [3.05, 3.63) is 72.8 Å². The van der Waals surface area contributed by atoms with Gasteiger partial charge in [-0.05, 0) is 12.1 Å². The SMILES string of the molecule is O=C(COc1ccccc1F)Nc1cnc(-c2ccccc2)nc1. The van der Waals surface area contributed by atoms with Gasteiger partial charge in [0.05, 0.1) is 18.1 Å². The largest absolute Gasteiger partial charge is 0.481 e. The van der Waals surface area contributed by atoms with Crippen LogP contribution in [0.4, 0.5) is 10.1 Å². The Kier molecular flexibility index (Phi) is 4.76. The van der Waals surface area contributed by atoms with E-state index in [-0.39, 0.29) is 12.4 Å². The monoisotopic (exact) mass is 323 g/mol. The number of aromatic nitrogens is 2. The molecule has 0 aliphatic carbocycles. The first-order chi connectivity index (χ1) is 11.7. The fraction of sp³-hybridized carbons (Fsp3) is 0.0556. The molecule has 120 valence electrons. The van der Waals surface area contributed by atoms with Gasteiger partial charge in [0.2, 0.25) is 0 Å². The first kappa shape index (κ1) is 15.6. The molecule has 0 spiro atoms. The van der Waals surface area contributed by atoms with E-state index in [2.05, 4.69) is 15.3 Å². The summed E-state index contributed by atoms with van der Waals surface area (Å²) < 4.78 is 18.5. The van der Waals surface area contributed by atoms with Crippen LogP contribution in [-0.2, 0) is 4.79 Å². The van der Waals surface area contributed by atoms with Crippen molar-refractivity contribution in [2.75, 3.05) is 11.9 Å². The summed E-state index contributed by atoms with van der Waals surface area (Å²) in [6, 6.07) is 15.4. The molecule has 0 saturated heterocycles. The molecule has 5 nitrogen and oxygen atoms in total. The summed E-state index contributed by atoms with van der Waals surface area (Å²) in [5.74, 6) is -0.338. The van der Waals surface area contributed by atoms with Gasteiger partial charge in [-0.1, -0.05) is 42.5 Å². The van der Waals surface area contributed by atoms with Crippen molar-refractivity contribution in [1.29, 1.82) is 0 Å². The number of amides is 1. The second-order valence-corrected chi connectivity index (χ2v) is 4.93. The van der Waals surface area contributed by atoms with Crippen molar-refractivity contribution >= 4 is 11.6 Å². The lowest BCUT2D eigenvalue weighted by atomic mass is 10.2. The molecule has 0 aliphatic heterocycles. The van der Waals surface area contributed by atoms with Crippen LogP contribution < -0.4 is 10.1 Å². The Balaban J connectivity index is 1.58. The molecule has 0 atom stereocenters. The van der Waals surface area contributed by atoms with Crippen molar-refractivity contribution in [2.45, 2.75) is 0 Å².